The predicted octanol–water partition coefficient (Wildman–Crippen LogP) is 3.18. The second-order valence-corrected chi connectivity index (χ2v) is 7.28. The van der Waals surface area contributed by atoms with Gasteiger partial charge in [-0.2, -0.15) is 0 Å². The highest BCUT2D eigenvalue weighted by atomic mass is 16.5. The Balaban J connectivity index is 1.43. The van der Waals surface area contributed by atoms with Crippen molar-refractivity contribution in [1.29, 1.82) is 0 Å². The van der Waals surface area contributed by atoms with Gasteiger partial charge in [-0.05, 0) is 36.4 Å². The summed E-state index contributed by atoms with van der Waals surface area (Å²) < 4.78 is 8.11. The fourth-order valence-electron chi connectivity index (χ4n) is 3.99. The highest BCUT2D eigenvalue weighted by molar-refractivity contribution is 5.93. The average Bonchev–Trinajstić information content (AvgIpc) is 3.32. The molecule has 28 heavy (non-hydrogen) atoms. The minimum absolute atomic E-state index is 0.0141. The van der Waals surface area contributed by atoms with Gasteiger partial charge in [0.2, 0.25) is 0 Å². The normalized spacial score (nSPS) is 18.8. The lowest BCUT2D eigenvalue weighted by Crippen LogP contribution is -3.11. The number of benzene rings is 2. The molecule has 5 nitrogen and oxygen atoms in total. The van der Waals surface area contributed by atoms with E-state index in [9.17, 15) is 4.79 Å². The van der Waals surface area contributed by atoms with Crippen LogP contribution in [0.1, 0.15) is 24.6 Å². The standard InChI is InChI=1S/C23H25N3O2/c1-25-15-7-12-20(25)21-13-8-16-26(21)17-23(27)24-19-11-5-6-14-22(19)28-18-9-3-2-4-10-18/h2-7,9-12,14-15,21H,8,13,16-17H2,1H3,(H,24,27)/p+1/t21-/m0/s1. The summed E-state index contributed by atoms with van der Waals surface area (Å²) >= 11 is 0. The monoisotopic (exact) mass is 376 g/mol. The molecule has 0 saturated carbocycles. The van der Waals surface area contributed by atoms with Crippen molar-refractivity contribution in [3.63, 3.8) is 0 Å². The Morgan fingerprint density at radius 2 is 1.89 bits per heavy atom. The van der Waals surface area contributed by atoms with E-state index in [0.717, 1.165) is 25.1 Å². The van der Waals surface area contributed by atoms with E-state index in [-0.39, 0.29) is 5.91 Å². The van der Waals surface area contributed by atoms with Crippen molar-refractivity contribution in [2.45, 2.75) is 18.9 Å². The number of amides is 1. The van der Waals surface area contributed by atoms with E-state index in [1.807, 2.05) is 54.6 Å². The maximum absolute atomic E-state index is 12.8. The Morgan fingerprint density at radius 1 is 1.11 bits per heavy atom. The van der Waals surface area contributed by atoms with E-state index in [1.165, 1.54) is 10.6 Å². The largest absolute Gasteiger partial charge is 0.455 e. The number of likely N-dealkylation sites (tertiary alicyclic amines) is 1. The molecular weight excluding hydrogens is 350 g/mol. The maximum atomic E-state index is 12.8. The molecule has 1 fully saturated rings. The summed E-state index contributed by atoms with van der Waals surface area (Å²) in [6.45, 7) is 1.47. The highest BCUT2D eigenvalue weighted by Crippen LogP contribution is 2.29. The highest BCUT2D eigenvalue weighted by Gasteiger charge is 2.33. The summed E-state index contributed by atoms with van der Waals surface area (Å²) in [5, 5.41) is 3.05. The molecule has 1 aliphatic heterocycles. The number of aryl methyl sites for hydroxylation is 1. The zero-order valence-corrected chi connectivity index (χ0v) is 16.1. The van der Waals surface area contributed by atoms with Crippen LogP contribution in [0.15, 0.2) is 72.9 Å². The van der Waals surface area contributed by atoms with Gasteiger partial charge in [-0.3, -0.25) is 4.79 Å². The maximum Gasteiger partial charge on any atom is 0.279 e. The number of carbonyl (C=O) groups excluding carboxylic acids is 1. The number of ether oxygens (including phenoxy) is 1. The Labute approximate surface area is 165 Å². The number of nitrogens with one attached hydrogen (secondary N) is 2. The fraction of sp³-hybridized carbons (Fsp3) is 0.261. The van der Waals surface area contributed by atoms with Crippen molar-refractivity contribution in [3.8, 4) is 11.5 Å². The fourth-order valence-corrected chi connectivity index (χ4v) is 3.99. The summed E-state index contributed by atoms with van der Waals surface area (Å²) in [5.41, 5.74) is 2.00. The van der Waals surface area contributed by atoms with Gasteiger partial charge in [-0.1, -0.05) is 30.3 Å². The van der Waals surface area contributed by atoms with Gasteiger partial charge in [0, 0.05) is 26.1 Å². The van der Waals surface area contributed by atoms with Crippen LogP contribution >= 0.6 is 0 Å². The van der Waals surface area contributed by atoms with Crippen molar-refractivity contribution < 1.29 is 14.4 Å². The van der Waals surface area contributed by atoms with Crippen LogP contribution in [0.3, 0.4) is 0 Å². The first-order chi connectivity index (χ1) is 13.7. The zero-order chi connectivity index (χ0) is 19.3. The van der Waals surface area contributed by atoms with E-state index < -0.39 is 0 Å². The van der Waals surface area contributed by atoms with Gasteiger partial charge in [-0.25, -0.2) is 0 Å². The Morgan fingerprint density at radius 3 is 2.68 bits per heavy atom. The predicted molar refractivity (Wildman–Crippen MR) is 110 cm³/mol. The average molecular weight is 376 g/mol. The van der Waals surface area contributed by atoms with Crippen LogP contribution in [-0.4, -0.2) is 23.6 Å². The van der Waals surface area contributed by atoms with E-state index in [2.05, 4.69) is 35.3 Å². The number of aromatic nitrogens is 1. The first-order valence-electron chi connectivity index (χ1n) is 9.78. The van der Waals surface area contributed by atoms with Gasteiger partial charge in [-0.15, -0.1) is 0 Å². The number of anilines is 1. The molecule has 3 aromatic rings. The molecule has 0 radical (unpaired) electrons. The Bertz CT molecular complexity index is 936. The molecule has 144 valence electrons. The molecule has 2 N–H and O–H groups in total. The number of rotatable bonds is 6. The third-order valence-electron chi connectivity index (χ3n) is 5.34. The molecule has 5 heteroatoms. The molecule has 0 spiro atoms. The van der Waals surface area contributed by atoms with Crippen LogP contribution in [0.4, 0.5) is 5.69 Å². The van der Waals surface area contributed by atoms with E-state index in [1.54, 1.807) is 0 Å². The minimum Gasteiger partial charge on any atom is -0.455 e. The van der Waals surface area contributed by atoms with Gasteiger partial charge in [0.15, 0.2) is 12.3 Å². The Hall–Kier alpha value is -3.05. The molecule has 1 aliphatic rings. The topological polar surface area (TPSA) is 47.7 Å². The molecule has 4 rings (SSSR count). The van der Waals surface area contributed by atoms with Crippen molar-refractivity contribution in [3.05, 3.63) is 78.6 Å². The van der Waals surface area contributed by atoms with E-state index >= 15 is 0 Å². The smallest absolute Gasteiger partial charge is 0.279 e. The lowest BCUT2D eigenvalue weighted by molar-refractivity contribution is -0.910. The first kappa shape index (κ1) is 18.3. The second kappa shape index (κ2) is 8.31. The summed E-state index contributed by atoms with van der Waals surface area (Å²) in [5.74, 6) is 1.41. The number of hydrogen-bond acceptors (Lipinski definition) is 2. The molecule has 1 amide bonds. The van der Waals surface area contributed by atoms with Crippen molar-refractivity contribution in [2.24, 2.45) is 7.05 Å². The van der Waals surface area contributed by atoms with Gasteiger partial charge in [0.05, 0.1) is 17.9 Å². The third kappa shape index (κ3) is 4.10. The van der Waals surface area contributed by atoms with Gasteiger partial charge >= 0.3 is 0 Å². The van der Waals surface area contributed by atoms with Gasteiger partial charge in [0.1, 0.15) is 11.8 Å². The van der Waals surface area contributed by atoms with Crippen molar-refractivity contribution in [2.75, 3.05) is 18.4 Å². The van der Waals surface area contributed by atoms with Crippen molar-refractivity contribution >= 4 is 11.6 Å². The number of nitrogens with zero attached hydrogens (tertiary/aromatic N) is 1. The molecule has 1 aromatic heterocycles. The Kier molecular flexibility index (Phi) is 5.44. The third-order valence-corrected chi connectivity index (χ3v) is 5.34. The quantitative estimate of drug-likeness (QED) is 0.694. The summed E-state index contributed by atoms with van der Waals surface area (Å²) in [6.07, 6.45) is 4.34. The van der Waals surface area contributed by atoms with Gasteiger partial charge < -0.3 is 19.5 Å². The van der Waals surface area contributed by atoms with E-state index in [4.69, 9.17) is 4.74 Å². The molecule has 1 saturated heterocycles. The van der Waals surface area contributed by atoms with Crippen molar-refractivity contribution in [1.82, 2.24) is 4.57 Å². The van der Waals surface area contributed by atoms with Gasteiger partial charge in [0.25, 0.3) is 5.91 Å². The van der Waals surface area contributed by atoms with Crippen LogP contribution < -0.4 is 15.0 Å². The van der Waals surface area contributed by atoms with Crippen LogP contribution in [-0.2, 0) is 11.8 Å². The molecule has 0 bridgehead atoms. The van der Waals surface area contributed by atoms with Crippen LogP contribution in [0.25, 0.3) is 0 Å². The van der Waals surface area contributed by atoms with Crippen LogP contribution in [0, 0.1) is 0 Å². The van der Waals surface area contributed by atoms with Crippen LogP contribution in [0.2, 0.25) is 0 Å². The molecule has 2 atom stereocenters. The molecule has 0 aliphatic carbocycles. The number of quaternary nitrogens is 1. The van der Waals surface area contributed by atoms with Crippen LogP contribution in [0.5, 0.6) is 11.5 Å². The second-order valence-electron chi connectivity index (χ2n) is 7.28. The lowest BCUT2D eigenvalue weighted by Gasteiger charge is -2.22. The molecule has 2 heterocycles. The zero-order valence-electron chi connectivity index (χ0n) is 16.1. The number of para-hydroxylation sites is 3. The lowest BCUT2D eigenvalue weighted by atomic mass is 10.1. The summed E-state index contributed by atoms with van der Waals surface area (Å²) in [6, 6.07) is 21.8. The number of carbonyl (C=O) groups is 1. The molecular formula is C23H26N3O2+. The summed E-state index contributed by atoms with van der Waals surface area (Å²) in [4.78, 5) is 14.1. The first-order valence-corrected chi connectivity index (χ1v) is 9.78. The molecule has 1 unspecified atom stereocenters. The summed E-state index contributed by atoms with van der Waals surface area (Å²) in [7, 11) is 2.07. The van der Waals surface area contributed by atoms with E-state index in [0.29, 0.717) is 24.0 Å². The molecule has 2 aromatic carbocycles. The minimum atomic E-state index is 0.0141. The SMILES string of the molecule is Cn1cccc1[C@@H]1CCC[NH+]1CC(=O)Nc1ccccc1Oc1ccccc1. The number of hydrogen-bond donors (Lipinski definition) is 2.